The van der Waals surface area contributed by atoms with Gasteiger partial charge in [-0.25, -0.2) is 26.9 Å². The molecule has 2 saturated heterocycles. The molecule has 8 N–H and O–H groups in total. The van der Waals surface area contributed by atoms with Crippen molar-refractivity contribution in [1.82, 2.24) is 39.7 Å². The molecule has 0 bridgehead atoms. The van der Waals surface area contributed by atoms with Crippen LogP contribution in [0.25, 0.3) is 20.7 Å². The van der Waals surface area contributed by atoms with Crippen LogP contribution in [-0.4, -0.2) is 124 Å². The molecule has 0 aliphatic carbocycles. The van der Waals surface area contributed by atoms with Crippen molar-refractivity contribution in [3.8, 4) is 0 Å². The van der Waals surface area contributed by atoms with E-state index in [-0.39, 0.29) is 149 Å². The van der Waals surface area contributed by atoms with Crippen molar-refractivity contribution >= 4 is 172 Å². The molecule has 4 aromatic heterocycles. The number of likely N-dealkylation sites (tertiary alicyclic amines) is 1. The number of halogens is 7. The number of benzene rings is 2. The van der Waals surface area contributed by atoms with Crippen LogP contribution in [-0.2, 0) is 77.1 Å². The Hall–Kier alpha value is -5.86. The van der Waals surface area contributed by atoms with E-state index in [1.165, 1.54) is 18.2 Å². The van der Waals surface area contributed by atoms with E-state index in [0.717, 1.165) is 36.9 Å². The molecule has 0 spiro atoms. The number of amides is 5. The number of nitrogens with zero attached hydrogens (tertiary/aromatic N) is 7. The van der Waals surface area contributed by atoms with E-state index in [9.17, 15) is 55.9 Å². The largest absolute Gasteiger partial charge is 0.480 e. The van der Waals surface area contributed by atoms with Gasteiger partial charge in [0, 0.05) is 65.4 Å². The number of thiazole rings is 2. The summed E-state index contributed by atoms with van der Waals surface area (Å²) in [4.78, 5) is 106. The summed E-state index contributed by atoms with van der Waals surface area (Å²) in [7, 11) is 0. The minimum absolute atomic E-state index is 0. The van der Waals surface area contributed by atoms with Gasteiger partial charge < -0.3 is 37.4 Å². The number of nitrogens with two attached hydrogens (primary N) is 2. The number of alkyl halides is 2. The fourth-order valence-corrected chi connectivity index (χ4v) is 10.2. The first-order valence-corrected chi connectivity index (χ1v) is 28.2. The van der Waals surface area contributed by atoms with Crippen molar-refractivity contribution in [2.45, 2.75) is 125 Å². The van der Waals surface area contributed by atoms with E-state index in [4.69, 9.17) is 39.8 Å². The summed E-state index contributed by atoms with van der Waals surface area (Å²) in [6.07, 6.45) is -1.91. The molecule has 2 fully saturated rings. The Morgan fingerprint density at radius 3 is 1.55 bits per heavy atom. The number of nitrogens with one attached hydrogen (secondary N) is 3. The van der Waals surface area contributed by atoms with Crippen LogP contribution in [0.1, 0.15) is 107 Å². The minimum Gasteiger partial charge on any atom is -0.480 e. The van der Waals surface area contributed by atoms with E-state index in [1.807, 2.05) is 0 Å². The molecule has 0 radical (unpaired) electrons. The van der Waals surface area contributed by atoms with E-state index in [0.29, 0.717) is 16.7 Å². The van der Waals surface area contributed by atoms with Gasteiger partial charge in [0.1, 0.15) is 52.3 Å². The average molecular weight is 1330 g/mol. The lowest BCUT2D eigenvalue weighted by atomic mass is 9.96. The number of aliphatic carboxylic acids is 1. The zero-order chi connectivity index (χ0) is 60.4. The highest BCUT2D eigenvalue weighted by atomic mass is 35.5. The molecule has 2 aliphatic heterocycles. The second-order valence-electron chi connectivity index (χ2n) is 20.4. The first-order chi connectivity index (χ1) is 37.9. The van der Waals surface area contributed by atoms with Crippen LogP contribution in [0.15, 0.2) is 36.4 Å². The minimum atomic E-state index is -1.41. The summed E-state index contributed by atoms with van der Waals surface area (Å²) in [5, 5.41) is 25.4. The molecule has 2 aromatic carbocycles. The molecule has 6 aromatic rings. The third kappa shape index (κ3) is 19.3. The van der Waals surface area contributed by atoms with E-state index >= 15 is 0 Å². The van der Waals surface area contributed by atoms with E-state index in [2.05, 4.69) is 58.5 Å². The van der Waals surface area contributed by atoms with Gasteiger partial charge in [0.05, 0.1) is 28.7 Å². The lowest BCUT2D eigenvalue weighted by Gasteiger charge is -2.23. The summed E-state index contributed by atoms with van der Waals surface area (Å²) >= 11 is 20.8. The van der Waals surface area contributed by atoms with Crippen molar-refractivity contribution in [3.05, 3.63) is 80.6 Å². The number of hydrogen-bond donors (Lipinski definition) is 6. The Morgan fingerprint density at radius 1 is 0.726 bits per heavy atom. The number of carbonyl (C=O) groups excluding carboxylic acids is 7. The highest BCUT2D eigenvalue weighted by Gasteiger charge is 2.40. The quantitative estimate of drug-likeness (QED) is 0.0500. The lowest BCUT2D eigenvalue weighted by molar-refractivity contribution is -0.138. The summed E-state index contributed by atoms with van der Waals surface area (Å²) in [5.41, 5.74) is 10.2. The fraction of sp³-hybridized carbons (Fsp3) is 0.451. The Morgan fingerprint density at radius 2 is 1.15 bits per heavy atom. The number of primary amides is 2. The smallest absolute Gasteiger partial charge is 0.325 e. The molecule has 0 saturated carbocycles. The second-order valence-corrected chi connectivity index (χ2v) is 23.2. The van der Waals surface area contributed by atoms with Crippen LogP contribution in [0.2, 0.25) is 10.0 Å². The first kappa shape index (κ1) is 74.2. The van der Waals surface area contributed by atoms with E-state index in [1.54, 1.807) is 59.7 Å². The molecule has 8 rings (SSSR count). The number of aryl methyl sites for hydroxylation is 2. The Balaban J connectivity index is 0.000000455. The number of anilines is 2. The summed E-state index contributed by atoms with van der Waals surface area (Å²) < 4.78 is 57.9. The van der Waals surface area contributed by atoms with Gasteiger partial charge in [-0.05, 0) is 36.1 Å². The number of aromatic nitrogens is 6. The molecule has 6 heterocycles. The Kier molecular flexibility index (Phi) is 28.3. The lowest BCUT2D eigenvalue weighted by Crippen LogP contribution is -2.42. The molecule has 21 nitrogen and oxygen atoms in total. The molecule has 0 unspecified atom stereocenters. The van der Waals surface area contributed by atoms with Gasteiger partial charge in [0.2, 0.25) is 17.7 Å². The van der Waals surface area contributed by atoms with Gasteiger partial charge in [-0.3, -0.25) is 38.4 Å². The molecule has 4 atom stereocenters. The molecule has 33 heteroatoms. The van der Waals surface area contributed by atoms with Gasteiger partial charge in [-0.1, -0.05) is 119 Å². The Labute approximate surface area is 521 Å². The maximum atomic E-state index is 14.4. The number of Topliss-reactive ketones (excluding diaryl/α,β-unsaturated/α-hetero) is 2. The average Bonchev–Trinajstić information content (AvgIpc) is 3.26. The van der Waals surface area contributed by atoms with Crippen molar-refractivity contribution in [2.75, 3.05) is 23.7 Å². The molecule has 5 amide bonds. The van der Waals surface area contributed by atoms with Crippen LogP contribution in [0.5, 0.6) is 0 Å². The monoisotopic (exact) mass is 1330 g/mol. The maximum absolute atomic E-state index is 14.4. The highest BCUT2D eigenvalue weighted by Crippen LogP contribution is 2.33. The number of ketones is 2. The van der Waals surface area contributed by atoms with Crippen LogP contribution >= 0.6 is 71.8 Å². The van der Waals surface area contributed by atoms with Gasteiger partial charge in [0.15, 0.2) is 38.7 Å². The number of carbonyl (C=O) groups is 8. The van der Waals surface area contributed by atoms with Crippen molar-refractivity contribution in [2.24, 2.45) is 22.3 Å². The summed E-state index contributed by atoms with van der Waals surface area (Å²) in [5.74, 6) is -5.52. The standard InChI is InChI=1S/C25H27ClF2N6O4S.C13H14ClF2NO.C12H15N5O4S.CH4.ClH.S2.H2S/c1-25(2,3)23(38)31-24-30-22-20(39-24)19(21(29)37)32-34(22)11-17(36)33-10-13(27)9-15(33)16(35)8-7-12-5-4-6-14(26)18(12)28;14-10-3-1-2-8(13(10)16)4-5-12(18)11-6-9(15)7-17-11;1-12(2,3)10(21)15-11-14-9-7(22-11)6(8(13)20)16-17(9)4-5(18)19;;;1-2;/h4-6,13,15H,7-11H2,1-3H3,(H2,29,37)(H,30,31,38);1-3,9,11,17H,4-7H2;4H2,1-3H3,(H2,13,20)(H,18,19)(H,14,15,21);1H4;1H;;1H2/t13-,15+;9-,11+;;;;;/m11...../s1. The van der Waals surface area contributed by atoms with Crippen molar-refractivity contribution < 1.29 is 61.0 Å². The zero-order valence-electron chi connectivity index (χ0n) is 45.2. The number of hydrogen-bond acceptors (Lipinski definition) is 17. The van der Waals surface area contributed by atoms with Crippen molar-refractivity contribution in [3.63, 3.8) is 0 Å². The maximum Gasteiger partial charge on any atom is 0.325 e. The van der Waals surface area contributed by atoms with Gasteiger partial charge in [-0.2, -0.15) is 33.7 Å². The van der Waals surface area contributed by atoms with E-state index < -0.39 is 89.5 Å². The number of fused-ring (bicyclic) bond motifs is 2. The predicted molar refractivity (Wildman–Crippen MR) is 327 cm³/mol. The first-order valence-electron chi connectivity index (χ1n) is 24.5. The van der Waals surface area contributed by atoms with Crippen LogP contribution in [0, 0.1) is 22.5 Å². The van der Waals surface area contributed by atoms with Gasteiger partial charge >= 0.3 is 5.97 Å². The third-order valence-corrected chi connectivity index (χ3v) is 14.7. The molecular formula is C51H63Cl3F4N12O9S5. The van der Waals surface area contributed by atoms with Crippen LogP contribution in [0.4, 0.5) is 27.8 Å². The second kappa shape index (κ2) is 32.0. The summed E-state index contributed by atoms with van der Waals surface area (Å²) in [6.45, 7) is 9.44. The van der Waals surface area contributed by atoms with Crippen LogP contribution < -0.4 is 27.4 Å². The zero-order valence-corrected chi connectivity index (χ0v) is 51.7. The van der Waals surface area contributed by atoms with Crippen molar-refractivity contribution in [1.29, 1.82) is 0 Å². The fourth-order valence-electron chi connectivity index (χ4n) is 7.92. The third-order valence-electron chi connectivity index (χ3n) is 12.2. The predicted octanol–water partition coefficient (Wildman–Crippen LogP) is 8.02. The normalized spacial score (nSPS) is 16.2. The highest BCUT2D eigenvalue weighted by molar-refractivity contribution is 8.07. The van der Waals surface area contributed by atoms with Gasteiger partial charge in [-0.15, -0.1) is 12.4 Å². The molecule has 460 valence electrons. The Bertz CT molecular complexity index is 3370. The number of carboxylic acids is 1. The molecule has 84 heavy (non-hydrogen) atoms. The SMILES string of the molecule is C.CC(C)(C)C(=O)Nc1nc2c(s1)c(C(N)=O)nn2CC(=O)N1C[C@H](F)C[C@H]1C(=O)CCc1cccc(Cl)c1F.CC(C)(C)C(=O)Nc1nc2c(s1)c(C(N)=O)nn2CC(=O)O.Cl.O=C(CCc1cccc(Cl)c1F)[C@@H]1C[C@@H](F)CN1.S.S=S. The number of rotatable bonds is 16. The summed E-state index contributed by atoms with van der Waals surface area (Å²) in [6, 6.07) is 7.73. The topological polar surface area (TPSA) is 310 Å². The van der Waals surface area contributed by atoms with Gasteiger partial charge in [0.25, 0.3) is 11.8 Å². The van der Waals surface area contributed by atoms with Crippen LogP contribution in [0.3, 0.4) is 0 Å². The molecular weight excluding hydrogens is 1270 g/mol. The molecule has 2 aliphatic rings. The number of carboxylic acid groups (broad SMARTS) is 1.